The standard InChI is InChI=1S/C22H28N2O5S/c1-17-9-10-19(14-21(17)30(26,27)24-11-4-3-5-12-24)23-22(25)16-29-15-18-7-6-8-20(13-18)28-2/h6-10,13-14H,3-5,11-12,15-16H2,1-2H3,(H,23,25). The van der Waals surface area contributed by atoms with Gasteiger partial charge in [0.2, 0.25) is 15.9 Å². The Bertz CT molecular complexity index is 985. The van der Waals surface area contributed by atoms with Crippen molar-refractivity contribution in [1.29, 1.82) is 0 Å². The number of nitrogens with zero attached hydrogens (tertiary/aromatic N) is 1. The number of aryl methyl sites for hydroxylation is 1. The molecule has 0 radical (unpaired) electrons. The first kappa shape index (κ1) is 22.3. The summed E-state index contributed by atoms with van der Waals surface area (Å²) < 4.78 is 38.2. The fraction of sp³-hybridized carbons (Fsp3) is 0.409. The summed E-state index contributed by atoms with van der Waals surface area (Å²) in [6, 6.07) is 12.4. The van der Waals surface area contributed by atoms with E-state index in [-0.39, 0.29) is 24.0 Å². The summed E-state index contributed by atoms with van der Waals surface area (Å²) in [5.74, 6) is 0.380. The number of anilines is 1. The summed E-state index contributed by atoms with van der Waals surface area (Å²) >= 11 is 0. The minimum atomic E-state index is -3.57. The molecule has 2 aromatic carbocycles. The first-order valence-corrected chi connectivity index (χ1v) is 11.5. The minimum absolute atomic E-state index is 0.140. The number of methoxy groups -OCH3 is 1. The van der Waals surface area contributed by atoms with Crippen molar-refractivity contribution in [3.05, 3.63) is 53.6 Å². The lowest BCUT2D eigenvalue weighted by atomic mass is 10.2. The molecule has 1 heterocycles. The van der Waals surface area contributed by atoms with Gasteiger partial charge in [-0.2, -0.15) is 4.31 Å². The Morgan fingerprint density at radius 2 is 1.87 bits per heavy atom. The highest BCUT2D eigenvalue weighted by Gasteiger charge is 2.27. The molecule has 0 unspecified atom stereocenters. The predicted molar refractivity (Wildman–Crippen MR) is 115 cm³/mol. The maximum absolute atomic E-state index is 13.0. The van der Waals surface area contributed by atoms with Gasteiger partial charge in [0, 0.05) is 18.8 Å². The number of benzene rings is 2. The third-order valence-corrected chi connectivity index (χ3v) is 7.08. The van der Waals surface area contributed by atoms with E-state index >= 15 is 0 Å². The van der Waals surface area contributed by atoms with E-state index in [1.54, 1.807) is 26.2 Å². The Kier molecular flexibility index (Phi) is 7.47. The van der Waals surface area contributed by atoms with Crippen LogP contribution in [-0.2, 0) is 26.2 Å². The molecule has 8 heteroatoms. The molecule has 0 atom stereocenters. The third-order valence-electron chi connectivity index (χ3n) is 5.04. The second-order valence-electron chi connectivity index (χ2n) is 7.34. The van der Waals surface area contributed by atoms with Crippen molar-refractivity contribution in [2.75, 3.05) is 32.1 Å². The van der Waals surface area contributed by atoms with Gasteiger partial charge >= 0.3 is 0 Å². The van der Waals surface area contributed by atoms with Crippen LogP contribution in [-0.4, -0.2) is 45.4 Å². The van der Waals surface area contributed by atoms with Gasteiger partial charge in [-0.25, -0.2) is 8.42 Å². The fourth-order valence-corrected chi connectivity index (χ4v) is 5.19. The summed E-state index contributed by atoms with van der Waals surface area (Å²) in [7, 11) is -1.98. The Hall–Kier alpha value is -2.42. The molecule has 1 saturated heterocycles. The normalized spacial score (nSPS) is 15.0. The molecule has 3 rings (SSSR count). The molecule has 1 N–H and O–H groups in total. The van der Waals surface area contributed by atoms with Gasteiger partial charge < -0.3 is 14.8 Å². The number of ether oxygens (including phenoxy) is 2. The maximum atomic E-state index is 13.0. The van der Waals surface area contributed by atoms with Crippen LogP contribution >= 0.6 is 0 Å². The van der Waals surface area contributed by atoms with Crippen molar-refractivity contribution >= 4 is 21.6 Å². The van der Waals surface area contributed by atoms with Crippen LogP contribution in [0.25, 0.3) is 0 Å². The van der Waals surface area contributed by atoms with Crippen LogP contribution < -0.4 is 10.1 Å². The van der Waals surface area contributed by atoms with Gasteiger partial charge in [-0.15, -0.1) is 0 Å². The van der Waals surface area contributed by atoms with Crippen LogP contribution in [0.3, 0.4) is 0 Å². The SMILES string of the molecule is COc1cccc(COCC(=O)Nc2ccc(C)c(S(=O)(=O)N3CCCCC3)c2)c1. The Labute approximate surface area is 178 Å². The first-order valence-electron chi connectivity index (χ1n) is 10.0. The van der Waals surface area contributed by atoms with Gasteiger partial charge in [0.25, 0.3) is 0 Å². The largest absolute Gasteiger partial charge is 0.497 e. The van der Waals surface area contributed by atoms with Crippen molar-refractivity contribution in [3.8, 4) is 5.75 Å². The second kappa shape index (κ2) is 10.1. The zero-order valence-electron chi connectivity index (χ0n) is 17.4. The van der Waals surface area contributed by atoms with Gasteiger partial charge in [0.1, 0.15) is 12.4 Å². The Balaban J connectivity index is 1.61. The number of sulfonamides is 1. The molecule has 30 heavy (non-hydrogen) atoms. The van der Waals surface area contributed by atoms with Crippen molar-refractivity contribution in [2.45, 2.75) is 37.7 Å². The zero-order valence-corrected chi connectivity index (χ0v) is 18.2. The van der Waals surface area contributed by atoms with Gasteiger partial charge in [-0.05, 0) is 55.2 Å². The molecule has 0 aliphatic carbocycles. The monoisotopic (exact) mass is 432 g/mol. The maximum Gasteiger partial charge on any atom is 0.250 e. The van der Waals surface area contributed by atoms with Crippen molar-refractivity contribution in [1.82, 2.24) is 4.31 Å². The second-order valence-corrected chi connectivity index (χ2v) is 9.24. The van der Waals surface area contributed by atoms with Crippen molar-refractivity contribution in [3.63, 3.8) is 0 Å². The molecular weight excluding hydrogens is 404 g/mol. The number of hydrogen-bond donors (Lipinski definition) is 1. The van der Waals surface area contributed by atoms with Crippen LogP contribution in [0.5, 0.6) is 5.75 Å². The molecule has 162 valence electrons. The molecule has 1 aliphatic rings. The quantitative estimate of drug-likeness (QED) is 0.692. The van der Waals surface area contributed by atoms with Crippen molar-refractivity contribution in [2.24, 2.45) is 0 Å². The number of rotatable bonds is 8. The molecule has 1 aliphatic heterocycles. The smallest absolute Gasteiger partial charge is 0.250 e. The number of piperidine rings is 1. The van der Waals surface area contributed by atoms with Crippen LogP contribution in [0.15, 0.2) is 47.4 Å². The zero-order chi connectivity index (χ0) is 21.6. The summed E-state index contributed by atoms with van der Waals surface area (Å²) in [6.45, 7) is 2.97. The molecule has 0 saturated carbocycles. The van der Waals surface area contributed by atoms with Gasteiger partial charge in [-0.1, -0.05) is 24.6 Å². The van der Waals surface area contributed by atoms with E-state index in [9.17, 15) is 13.2 Å². The average molecular weight is 433 g/mol. The molecule has 1 amide bonds. The molecule has 0 bridgehead atoms. The lowest BCUT2D eigenvalue weighted by molar-refractivity contribution is -0.121. The summed E-state index contributed by atoms with van der Waals surface area (Å²) in [6.07, 6.45) is 2.80. The van der Waals surface area contributed by atoms with E-state index in [1.807, 2.05) is 24.3 Å². The van der Waals surface area contributed by atoms with E-state index in [0.717, 1.165) is 30.6 Å². The third kappa shape index (κ3) is 5.59. The molecule has 7 nitrogen and oxygen atoms in total. The average Bonchev–Trinajstić information content (AvgIpc) is 2.75. The highest BCUT2D eigenvalue weighted by atomic mass is 32.2. The van der Waals surface area contributed by atoms with Gasteiger partial charge in [0.05, 0.1) is 18.6 Å². The van der Waals surface area contributed by atoms with E-state index in [1.165, 1.54) is 10.4 Å². The summed E-state index contributed by atoms with van der Waals surface area (Å²) in [5, 5.41) is 2.72. The van der Waals surface area contributed by atoms with Crippen molar-refractivity contribution < 1.29 is 22.7 Å². The van der Waals surface area contributed by atoms with E-state index in [2.05, 4.69) is 5.32 Å². The molecular formula is C22H28N2O5S. The Morgan fingerprint density at radius 1 is 1.10 bits per heavy atom. The Morgan fingerprint density at radius 3 is 2.60 bits per heavy atom. The van der Waals surface area contributed by atoms with Crippen LogP contribution in [0.2, 0.25) is 0 Å². The molecule has 2 aromatic rings. The fourth-order valence-electron chi connectivity index (χ4n) is 3.42. The molecule has 1 fully saturated rings. The lowest BCUT2D eigenvalue weighted by Gasteiger charge is -2.26. The summed E-state index contributed by atoms with van der Waals surface area (Å²) in [4.78, 5) is 12.5. The number of amides is 1. The van der Waals surface area contributed by atoms with E-state index in [0.29, 0.717) is 24.3 Å². The number of hydrogen-bond acceptors (Lipinski definition) is 5. The lowest BCUT2D eigenvalue weighted by Crippen LogP contribution is -2.36. The number of carbonyl (C=O) groups excluding carboxylic acids is 1. The first-order chi connectivity index (χ1) is 14.4. The predicted octanol–water partition coefficient (Wildman–Crippen LogP) is 3.33. The van der Waals surface area contributed by atoms with Gasteiger partial charge in [0.15, 0.2) is 0 Å². The highest BCUT2D eigenvalue weighted by molar-refractivity contribution is 7.89. The van der Waals surface area contributed by atoms with E-state index in [4.69, 9.17) is 9.47 Å². The number of carbonyl (C=O) groups is 1. The topological polar surface area (TPSA) is 84.9 Å². The van der Waals surface area contributed by atoms with E-state index < -0.39 is 10.0 Å². The van der Waals surface area contributed by atoms with Crippen LogP contribution in [0.4, 0.5) is 5.69 Å². The molecule has 0 spiro atoms. The number of nitrogens with one attached hydrogen (secondary N) is 1. The minimum Gasteiger partial charge on any atom is -0.497 e. The molecule has 0 aromatic heterocycles. The van der Waals surface area contributed by atoms with Crippen LogP contribution in [0.1, 0.15) is 30.4 Å². The highest BCUT2D eigenvalue weighted by Crippen LogP contribution is 2.26. The van der Waals surface area contributed by atoms with Gasteiger partial charge in [-0.3, -0.25) is 4.79 Å². The summed E-state index contributed by atoms with van der Waals surface area (Å²) in [5.41, 5.74) is 1.99. The van der Waals surface area contributed by atoms with Crippen LogP contribution in [0, 0.1) is 6.92 Å².